The fourth-order valence-corrected chi connectivity index (χ4v) is 4.47. The molecule has 4 heteroatoms. The number of hydrogen-bond donors (Lipinski definition) is 0. The van der Waals surface area contributed by atoms with E-state index in [0.29, 0.717) is 0 Å². The summed E-state index contributed by atoms with van der Waals surface area (Å²) in [6.07, 6.45) is 8.51. The molecular weight excluding hydrogens is 364 g/mol. The summed E-state index contributed by atoms with van der Waals surface area (Å²) >= 11 is 1.68. The molecule has 2 atom stereocenters. The largest absolute Gasteiger partial charge is 0.357 e. The molecule has 28 heavy (non-hydrogen) atoms. The maximum absolute atomic E-state index is 9.46. The number of hydrogen-bond acceptors (Lipinski definition) is 4. The Morgan fingerprint density at radius 3 is 2.64 bits per heavy atom. The SMILES string of the molecule is COC1c2ccccc2C=CN1CCCCCC(C#N)Sc1ccc(C)cc1. The fourth-order valence-electron chi connectivity index (χ4n) is 3.51. The van der Waals surface area contributed by atoms with Crippen LogP contribution in [0.25, 0.3) is 6.08 Å². The quantitative estimate of drug-likeness (QED) is 0.378. The van der Waals surface area contributed by atoms with Gasteiger partial charge in [0, 0.05) is 30.3 Å². The highest BCUT2D eigenvalue weighted by atomic mass is 32.2. The van der Waals surface area contributed by atoms with Gasteiger partial charge in [-0.15, -0.1) is 11.8 Å². The number of methoxy groups -OCH3 is 1. The van der Waals surface area contributed by atoms with E-state index >= 15 is 0 Å². The zero-order chi connectivity index (χ0) is 19.8. The summed E-state index contributed by atoms with van der Waals surface area (Å²) in [5.41, 5.74) is 3.71. The molecule has 3 nitrogen and oxygen atoms in total. The number of unbranched alkanes of at least 4 members (excludes halogenated alkanes) is 2. The van der Waals surface area contributed by atoms with Crippen LogP contribution in [0.15, 0.2) is 59.6 Å². The summed E-state index contributed by atoms with van der Waals surface area (Å²) in [5, 5.41) is 9.48. The number of nitriles is 1. The molecule has 0 aliphatic carbocycles. The molecule has 2 aromatic rings. The third kappa shape index (κ3) is 5.41. The fraction of sp³-hybridized carbons (Fsp3) is 0.375. The molecule has 0 aromatic heterocycles. The second-order valence-corrected chi connectivity index (χ2v) is 8.44. The summed E-state index contributed by atoms with van der Waals surface area (Å²) in [5.74, 6) is 0. The van der Waals surface area contributed by atoms with Crippen molar-refractivity contribution in [2.45, 2.75) is 49.0 Å². The van der Waals surface area contributed by atoms with E-state index in [1.54, 1.807) is 18.9 Å². The first-order valence-electron chi connectivity index (χ1n) is 9.90. The average Bonchev–Trinajstić information content (AvgIpc) is 2.73. The Morgan fingerprint density at radius 2 is 1.89 bits per heavy atom. The number of aryl methyl sites for hydroxylation is 1. The summed E-state index contributed by atoms with van der Waals surface area (Å²) in [7, 11) is 1.77. The van der Waals surface area contributed by atoms with Crippen LogP contribution in [0, 0.1) is 18.3 Å². The zero-order valence-electron chi connectivity index (χ0n) is 16.7. The first-order valence-corrected chi connectivity index (χ1v) is 10.8. The van der Waals surface area contributed by atoms with Gasteiger partial charge in [0.15, 0.2) is 6.23 Å². The second kappa shape index (κ2) is 10.4. The van der Waals surface area contributed by atoms with E-state index in [-0.39, 0.29) is 11.5 Å². The molecule has 0 radical (unpaired) electrons. The topological polar surface area (TPSA) is 36.3 Å². The molecule has 0 spiro atoms. The van der Waals surface area contributed by atoms with E-state index in [0.717, 1.165) is 32.2 Å². The lowest BCUT2D eigenvalue weighted by atomic mass is 10.0. The van der Waals surface area contributed by atoms with Crippen molar-refractivity contribution in [2.75, 3.05) is 13.7 Å². The Bertz CT molecular complexity index is 825. The molecule has 0 amide bonds. The first kappa shape index (κ1) is 20.5. The molecule has 2 unspecified atom stereocenters. The number of thioether (sulfide) groups is 1. The molecule has 0 bridgehead atoms. The van der Waals surface area contributed by atoms with Crippen LogP contribution in [0.5, 0.6) is 0 Å². The summed E-state index contributed by atoms with van der Waals surface area (Å²) in [6.45, 7) is 3.05. The van der Waals surface area contributed by atoms with Gasteiger partial charge in [-0.05, 0) is 43.5 Å². The van der Waals surface area contributed by atoms with Gasteiger partial charge in [-0.25, -0.2) is 0 Å². The summed E-state index contributed by atoms with van der Waals surface area (Å²) < 4.78 is 5.75. The van der Waals surface area contributed by atoms with Crippen molar-refractivity contribution in [1.82, 2.24) is 4.90 Å². The summed E-state index contributed by atoms with van der Waals surface area (Å²) in [6, 6.07) is 19.3. The molecule has 1 aliphatic heterocycles. The lowest BCUT2D eigenvalue weighted by molar-refractivity contribution is -0.00938. The third-order valence-corrected chi connectivity index (χ3v) is 6.23. The highest BCUT2D eigenvalue weighted by molar-refractivity contribution is 8.00. The van der Waals surface area contributed by atoms with Crippen molar-refractivity contribution in [3.63, 3.8) is 0 Å². The van der Waals surface area contributed by atoms with Gasteiger partial charge in [0.2, 0.25) is 0 Å². The summed E-state index contributed by atoms with van der Waals surface area (Å²) in [4.78, 5) is 3.45. The Hall–Kier alpha value is -2.22. The first-order chi connectivity index (χ1) is 13.7. The van der Waals surface area contributed by atoms with Crippen LogP contribution in [-0.4, -0.2) is 23.8 Å². The monoisotopic (exact) mass is 392 g/mol. The van der Waals surface area contributed by atoms with Gasteiger partial charge >= 0.3 is 0 Å². The van der Waals surface area contributed by atoms with Crippen molar-refractivity contribution in [3.05, 3.63) is 71.4 Å². The number of rotatable bonds is 9. The molecular formula is C24H28N2OS. The van der Waals surface area contributed by atoms with Crippen molar-refractivity contribution in [1.29, 1.82) is 5.26 Å². The van der Waals surface area contributed by atoms with Gasteiger partial charge in [-0.1, -0.05) is 54.8 Å². The molecule has 0 N–H and O–H groups in total. The lowest BCUT2D eigenvalue weighted by Gasteiger charge is -2.33. The van der Waals surface area contributed by atoms with E-state index < -0.39 is 0 Å². The minimum Gasteiger partial charge on any atom is -0.357 e. The van der Waals surface area contributed by atoms with Crippen molar-refractivity contribution in [2.24, 2.45) is 0 Å². The van der Waals surface area contributed by atoms with Crippen molar-refractivity contribution >= 4 is 17.8 Å². The molecule has 1 heterocycles. The molecule has 146 valence electrons. The second-order valence-electron chi connectivity index (χ2n) is 7.17. The van der Waals surface area contributed by atoms with Gasteiger partial charge in [-0.2, -0.15) is 5.26 Å². The minimum absolute atomic E-state index is 0.00912. The van der Waals surface area contributed by atoms with Crippen LogP contribution < -0.4 is 0 Å². The maximum atomic E-state index is 9.46. The Labute approximate surface area is 173 Å². The molecule has 1 aliphatic rings. The maximum Gasteiger partial charge on any atom is 0.156 e. The number of fused-ring (bicyclic) bond motifs is 1. The lowest BCUT2D eigenvalue weighted by Crippen LogP contribution is -2.28. The number of ether oxygens (including phenoxy) is 1. The van der Waals surface area contributed by atoms with Crippen molar-refractivity contribution in [3.8, 4) is 6.07 Å². The van der Waals surface area contributed by atoms with Gasteiger partial charge in [-0.3, -0.25) is 0 Å². The van der Waals surface area contributed by atoms with Gasteiger partial charge in [0.1, 0.15) is 0 Å². The van der Waals surface area contributed by atoms with Crippen LogP contribution in [0.3, 0.4) is 0 Å². The average molecular weight is 393 g/mol. The predicted molar refractivity (Wildman–Crippen MR) is 117 cm³/mol. The highest BCUT2D eigenvalue weighted by Gasteiger charge is 2.22. The number of nitrogens with zero attached hydrogens (tertiary/aromatic N) is 2. The van der Waals surface area contributed by atoms with Crippen LogP contribution in [0.4, 0.5) is 0 Å². The smallest absolute Gasteiger partial charge is 0.156 e. The molecule has 0 saturated carbocycles. The third-order valence-electron chi connectivity index (χ3n) is 5.06. The molecule has 3 rings (SSSR count). The van der Waals surface area contributed by atoms with E-state index in [2.05, 4.69) is 78.7 Å². The van der Waals surface area contributed by atoms with Crippen molar-refractivity contribution < 1.29 is 4.74 Å². The molecule has 2 aromatic carbocycles. The molecule has 0 saturated heterocycles. The van der Waals surface area contributed by atoms with Gasteiger partial charge in [0.25, 0.3) is 0 Å². The van der Waals surface area contributed by atoms with Gasteiger partial charge < -0.3 is 9.64 Å². The zero-order valence-corrected chi connectivity index (χ0v) is 17.5. The van der Waals surface area contributed by atoms with Crippen LogP contribution in [-0.2, 0) is 4.74 Å². The Morgan fingerprint density at radius 1 is 1.11 bits per heavy atom. The van der Waals surface area contributed by atoms with Crippen LogP contribution in [0.2, 0.25) is 0 Å². The van der Waals surface area contributed by atoms with Gasteiger partial charge in [0.05, 0.1) is 11.3 Å². The van der Waals surface area contributed by atoms with Crippen LogP contribution >= 0.6 is 11.8 Å². The van der Waals surface area contributed by atoms with E-state index in [1.807, 2.05) is 0 Å². The van der Waals surface area contributed by atoms with E-state index in [1.165, 1.54) is 21.6 Å². The molecule has 0 fully saturated rings. The standard InChI is InChI=1S/C24H28N2OS/c1-19-11-13-21(14-12-19)28-22(18-25)9-4-3-7-16-26-17-15-20-8-5-6-10-23(20)24(26)27-2/h5-6,8,10-15,17,22,24H,3-4,7,9,16H2,1-2H3. The Kier molecular flexibility index (Phi) is 7.59. The Balaban J connectivity index is 1.42. The number of benzene rings is 2. The van der Waals surface area contributed by atoms with E-state index in [9.17, 15) is 5.26 Å². The highest BCUT2D eigenvalue weighted by Crippen LogP contribution is 2.31. The predicted octanol–water partition coefficient (Wildman–Crippen LogP) is 6.17. The minimum atomic E-state index is -0.00912. The van der Waals surface area contributed by atoms with E-state index in [4.69, 9.17) is 4.74 Å². The van der Waals surface area contributed by atoms with Crippen LogP contribution in [0.1, 0.15) is 48.6 Å². The normalized spacial score (nSPS) is 16.5.